The molecule has 9 atom stereocenters. The topological polar surface area (TPSA) is 189 Å². The third-order valence-corrected chi connectivity index (χ3v) is 10.3. The smallest absolute Gasteiger partial charge is 0.249 e. The molecule has 0 radical (unpaired) electrons. The minimum absolute atomic E-state index is 0.251. The van der Waals surface area contributed by atoms with Gasteiger partial charge in [-0.3, -0.25) is 4.79 Å². The van der Waals surface area contributed by atoms with Crippen molar-refractivity contribution in [2.75, 3.05) is 13.2 Å². The number of unbranched alkanes of at least 4 members (excludes halogenated alkanes) is 18. The summed E-state index contributed by atoms with van der Waals surface area (Å²) in [5, 5.41) is 74.2. The van der Waals surface area contributed by atoms with Crippen molar-refractivity contribution in [3.8, 4) is 0 Å². The summed E-state index contributed by atoms with van der Waals surface area (Å²) in [4.78, 5) is 12.9. The van der Waals surface area contributed by atoms with Crippen LogP contribution in [0.2, 0.25) is 0 Å². The molecule has 1 heterocycles. The van der Waals surface area contributed by atoms with E-state index in [9.17, 15) is 40.5 Å². The molecule has 8 N–H and O–H groups in total. The molecular formula is C42H79NO10. The Kier molecular flexibility index (Phi) is 30.7. The Morgan fingerprint density at radius 2 is 1.17 bits per heavy atom. The van der Waals surface area contributed by atoms with E-state index in [1.165, 1.54) is 89.9 Å². The van der Waals surface area contributed by atoms with Crippen molar-refractivity contribution in [1.82, 2.24) is 5.32 Å². The Bertz CT molecular complexity index is 918. The number of carbonyl (C=O) groups is 1. The molecule has 11 heteroatoms. The molecule has 0 aromatic rings. The van der Waals surface area contributed by atoms with E-state index >= 15 is 0 Å². The van der Waals surface area contributed by atoms with Gasteiger partial charge in [-0.25, -0.2) is 0 Å². The summed E-state index contributed by atoms with van der Waals surface area (Å²) >= 11 is 0. The number of amides is 1. The Morgan fingerprint density at radius 3 is 1.70 bits per heavy atom. The summed E-state index contributed by atoms with van der Waals surface area (Å²) in [5.41, 5.74) is 0. The minimum atomic E-state index is -1.66. The quantitative estimate of drug-likeness (QED) is 0.0291. The van der Waals surface area contributed by atoms with E-state index in [2.05, 4.69) is 36.5 Å². The average Bonchev–Trinajstić information content (AvgIpc) is 3.16. The highest BCUT2D eigenvalue weighted by Gasteiger charge is 2.44. The van der Waals surface area contributed by atoms with Gasteiger partial charge in [0.2, 0.25) is 5.91 Å². The van der Waals surface area contributed by atoms with Crippen LogP contribution in [0.15, 0.2) is 24.3 Å². The van der Waals surface area contributed by atoms with Crippen molar-refractivity contribution in [3.05, 3.63) is 24.3 Å². The van der Waals surface area contributed by atoms with Gasteiger partial charge in [0.15, 0.2) is 6.29 Å². The number of rotatable bonds is 34. The van der Waals surface area contributed by atoms with Crippen LogP contribution in [0.4, 0.5) is 0 Å². The van der Waals surface area contributed by atoms with Crippen molar-refractivity contribution in [2.24, 2.45) is 0 Å². The zero-order valence-electron chi connectivity index (χ0n) is 33.2. The van der Waals surface area contributed by atoms with E-state index in [1.54, 1.807) is 0 Å². The van der Waals surface area contributed by atoms with Gasteiger partial charge >= 0.3 is 0 Å². The molecule has 0 aliphatic carbocycles. The Labute approximate surface area is 321 Å². The molecule has 0 spiro atoms. The van der Waals surface area contributed by atoms with Crippen LogP contribution in [0.1, 0.15) is 168 Å². The second-order valence-corrected chi connectivity index (χ2v) is 15.1. The summed E-state index contributed by atoms with van der Waals surface area (Å²) in [6, 6.07) is -1.16. The first-order valence-corrected chi connectivity index (χ1v) is 21.2. The molecular weight excluding hydrogens is 678 g/mol. The maximum Gasteiger partial charge on any atom is 0.249 e. The summed E-state index contributed by atoms with van der Waals surface area (Å²) in [6.45, 7) is 3.14. The molecule has 0 aromatic heterocycles. The molecule has 11 nitrogen and oxygen atoms in total. The van der Waals surface area contributed by atoms with Crippen molar-refractivity contribution in [1.29, 1.82) is 0 Å². The third kappa shape index (κ3) is 23.3. The van der Waals surface area contributed by atoms with E-state index in [-0.39, 0.29) is 12.8 Å². The summed E-state index contributed by atoms with van der Waals surface area (Å²) in [5.74, 6) is -0.715. The first kappa shape index (κ1) is 49.6. The fourth-order valence-corrected chi connectivity index (χ4v) is 6.63. The van der Waals surface area contributed by atoms with Crippen LogP contribution in [-0.2, 0) is 14.3 Å². The van der Waals surface area contributed by atoms with Gasteiger partial charge in [0, 0.05) is 0 Å². The molecule has 1 amide bonds. The lowest BCUT2D eigenvalue weighted by Crippen LogP contribution is -2.60. The maximum absolute atomic E-state index is 12.9. The average molecular weight is 758 g/mol. The molecule has 0 saturated carbocycles. The fraction of sp³-hybridized carbons (Fsp3) is 0.881. The SMILES string of the molecule is CCCCCCCCCCC/C=C\C/C=C\CCCCCCCCCCC(O)C(=O)NC(COC1OC(CO)C(O)C(O)C1O)C(O)C(O)CCCC. The van der Waals surface area contributed by atoms with Gasteiger partial charge in [0.1, 0.15) is 36.6 Å². The van der Waals surface area contributed by atoms with Gasteiger partial charge in [0.25, 0.3) is 0 Å². The van der Waals surface area contributed by atoms with Crippen LogP contribution < -0.4 is 5.32 Å². The number of ether oxygens (including phenoxy) is 2. The number of carbonyl (C=O) groups excluding carboxylic acids is 1. The van der Waals surface area contributed by atoms with Crippen molar-refractivity contribution in [2.45, 2.75) is 223 Å². The van der Waals surface area contributed by atoms with Crippen LogP contribution in [0.3, 0.4) is 0 Å². The molecule has 312 valence electrons. The van der Waals surface area contributed by atoms with E-state index in [4.69, 9.17) is 9.47 Å². The Morgan fingerprint density at radius 1 is 0.660 bits per heavy atom. The number of aliphatic hydroxyl groups is 7. The standard InChI is InChI=1S/C42H79NO10/c1-3-5-7-8-9-10-11-12-13-14-15-16-17-18-19-20-21-22-23-24-25-26-27-28-30-35(46)41(51)43-33(37(47)34(45)29-6-4-2)32-52-42-40(50)39(49)38(48)36(31-44)53-42/h15-16,18-19,33-40,42,44-50H,3-14,17,20-32H2,1-2H3,(H,43,51)/b16-15-,19-18-. The van der Waals surface area contributed by atoms with Crippen LogP contribution in [0, 0.1) is 0 Å². The number of aliphatic hydroxyl groups excluding tert-OH is 7. The van der Waals surface area contributed by atoms with Gasteiger partial charge in [0.05, 0.1) is 25.4 Å². The normalized spacial score (nSPS) is 23.1. The zero-order chi connectivity index (χ0) is 39.1. The van der Waals surface area contributed by atoms with E-state index in [1.807, 2.05) is 6.92 Å². The lowest BCUT2D eigenvalue weighted by atomic mass is 9.99. The molecule has 1 rings (SSSR count). The van der Waals surface area contributed by atoms with Crippen LogP contribution in [0.5, 0.6) is 0 Å². The van der Waals surface area contributed by atoms with Crippen molar-refractivity contribution >= 4 is 5.91 Å². The molecule has 53 heavy (non-hydrogen) atoms. The Hall–Kier alpha value is -1.41. The van der Waals surface area contributed by atoms with Crippen LogP contribution >= 0.6 is 0 Å². The van der Waals surface area contributed by atoms with Gasteiger partial charge in [-0.2, -0.15) is 0 Å². The number of hydrogen-bond donors (Lipinski definition) is 8. The first-order valence-electron chi connectivity index (χ1n) is 21.2. The van der Waals surface area contributed by atoms with Gasteiger partial charge in [-0.1, -0.05) is 147 Å². The molecule has 1 saturated heterocycles. The molecule has 9 unspecified atom stereocenters. The molecule has 0 aromatic carbocycles. The minimum Gasteiger partial charge on any atom is -0.394 e. The fourth-order valence-electron chi connectivity index (χ4n) is 6.63. The van der Waals surface area contributed by atoms with Gasteiger partial charge < -0.3 is 50.5 Å². The van der Waals surface area contributed by atoms with Crippen LogP contribution in [-0.4, -0.2) is 110 Å². The summed E-state index contributed by atoms with van der Waals surface area (Å²) < 4.78 is 10.9. The molecule has 0 bridgehead atoms. The van der Waals surface area contributed by atoms with Crippen LogP contribution in [0.25, 0.3) is 0 Å². The largest absolute Gasteiger partial charge is 0.394 e. The van der Waals surface area contributed by atoms with E-state index in [0.29, 0.717) is 12.8 Å². The van der Waals surface area contributed by atoms with Crippen molar-refractivity contribution in [3.63, 3.8) is 0 Å². The third-order valence-electron chi connectivity index (χ3n) is 10.3. The maximum atomic E-state index is 12.9. The van der Waals surface area contributed by atoms with E-state index in [0.717, 1.165) is 38.5 Å². The predicted octanol–water partition coefficient (Wildman–Crippen LogP) is 5.89. The van der Waals surface area contributed by atoms with Gasteiger partial charge in [-0.15, -0.1) is 0 Å². The number of allylic oxidation sites excluding steroid dienone is 4. The number of nitrogens with one attached hydrogen (secondary N) is 1. The highest BCUT2D eigenvalue weighted by molar-refractivity contribution is 5.80. The summed E-state index contributed by atoms with van der Waals surface area (Å²) in [6.07, 6.45) is 23.9. The molecule has 1 aliphatic rings. The highest BCUT2D eigenvalue weighted by Crippen LogP contribution is 2.23. The lowest BCUT2D eigenvalue weighted by molar-refractivity contribution is -0.303. The van der Waals surface area contributed by atoms with Gasteiger partial charge in [-0.05, 0) is 44.9 Å². The zero-order valence-corrected chi connectivity index (χ0v) is 33.2. The monoisotopic (exact) mass is 758 g/mol. The molecule has 1 fully saturated rings. The second-order valence-electron chi connectivity index (χ2n) is 15.1. The highest BCUT2D eigenvalue weighted by atomic mass is 16.7. The Balaban J connectivity index is 2.21. The van der Waals surface area contributed by atoms with E-state index < -0.39 is 74.2 Å². The van der Waals surface area contributed by atoms with Crippen molar-refractivity contribution < 1.29 is 50.0 Å². The lowest BCUT2D eigenvalue weighted by Gasteiger charge is -2.40. The predicted molar refractivity (Wildman–Crippen MR) is 210 cm³/mol. The number of hydrogen-bond acceptors (Lipinski definition) is 10. The second kappa shape index (κ2) is 32.8. The molecule has 1 aliphatic heterocycles. The summed E-state index contributed by atoms with van der Waals surface area (Å²) in [7, 11) is 0. The first-order chi connectivity index (χ1) is 25.7.